The zero-order valence-corrected chi connectivity index (χ0v) is 2.99. The van der Waals surface area contributed by atoms with Crippen molar-refractivity contribution in [2.45, 2.75) is 6.92 Å². The van der Waals surface area contributed by atoms with Crippen molar-refractivity contribution in [3.8, 4) is 0 Å². The van der Waals surface area contributed by atoms with E-state index in [0.717, 1.165) is 0 Å². The summed E-state index contributed by atoms with van der Waals surface area (Å²) in [4.78, 5) is 9.58. The number of aldehydes is 1. The topological polar surface area (TPSA) is 17.1 Å². The average molecular weight is 72.1 g/mol. The Bertz CT molecular complexity index is 102. The fourth-order valence-corrected chi connectivity index (χ4v) is 0.0589. The van der Waals surface area contributed by atoms with Crippen LogP contribution in [0.5, 0.6) is 0 Å². The molecule has 0 fully saturated rings. The number of hydrogen-bond donors (Lipinski definition) is 0. The van der Waals surface area contributed by atoms with E-state index in [2.05, 4.69) is 0 Å². The van der Waals surface area contributed by atoms with Crippen LogP contribution in [0.1, 0.15) is 9.67 Å². The minimum Gasteiger partial charge on any atom is -0.299 e. The van der Waals surface area contributed by atoms with Gasteiger partial charge in [0.1, 0.15) is 6.29 Å². The van der Waals surface area contributed by atoms with Gasteiger partial charge in [-0.25, -0.2) is 0 Å². The molecular formula is C4H6O. The summed E-state index contributed by atoms with van der Waals surface area (Å²) in [7, 11) is 0. The van der Waals surface area contributed by atoms with Crippen LogP contribution in [0, 0.1) is 0 Å². The van der Waals surface area contributed by atoms with Crippen LogP contribution in [0.2, 0.25) is 0 Å². The van der Waals surface area contributed by atoms with Gasteiger partial charge >= 0.3 is 0 Å². The first kappa shape index (κ1) is 1.75. The minimum atomic E-state index is -0.250. The van der Waals surface area contributed by atoms with Gasteiger partial charge in [-0.1, -0.05) is 6.05 Å². The molecule has 0 aromatic heterocycles. The van der Waals surface area contributed by atoms with Crippen molar-refractivity contribution < 1.29 is 7.54 Å². The Balaban J connectivity index is 3.98. The minimum absolute atomic E-state index is 0.00926. The van der Waals surface area contributed by atoms with E-state index in [1.54, 1.807) is 0 Å². The second-order valence-electron chi connectivity index (χ2n) is 0.512. The Morgan fingerprint density at radius 1 is 2.00 bits per heavy atom. The molecule has 0 aromatic carbocycles. The molecule has 0 saturated carbocycles. The second kappa shape index (κ2) is 3.41. The van der Waals surface area contributed by atoms with Crippen LogP contribution in [0.4, 0.5) is 0 Å². The van der Waals surface area contributed by atoms with Gasteiger partial charge in [-0.3, -0.25) is 4.79 Å². The van der Waals surface area contributed by atoms with Crippen molar-refractivity contribution in [2.75, 3.05) is 0 Å². The summed E-state index contributed by atoms with van der Waals surface area (Å²) in [6, 6.07) is -0.241. The largest absolute Gasteiger partial charge is 0.299 e. The molecule has 28 valence electrons. The maximum Gasteiger partial charge on any atom is 0.142 e. The lowest BCUT2D eigenvalue weighted by molar-refractivity contribution is -0.104. The number of rotatable bonds is 1. The molecule has 0 unspecified atom stereocenters. The van der Waals surface area contributed by atoms with E-state index in [1.807, 2.05) is 0 Å². The summed E-state index contributed by atoms with van der Waals surface area (Å²) in [5, 5.41) is 0. The first-order valence-electron chi connectivity index (χ1n) is 2.27. The predicted octanol–water partition coefficient (Wildman–Crippen LogP) is 0.761. The quantitative estimate of drug-likeness (QED) is 0.330. The van der Waals surface area contributed by atoms with Crippen LogP contribution in [0.25, 0.3) is 0 Å². The van der Waals surface area contributed by atoms with Crippen LogP contribution in [0.3, 0.4) is 0 Å². The van der Waals surface area contributed by atoms with Crippen LogP contribution in [-0.4, -0.2) is 6.29 Å². The van der Waals surface area contributed by atoms with Crippen molar-refractivity contribution >= 4 is 6.29 Å². The second-order valence-corrected chi connectivity index (χ2v) is 0.512. The van der Waals surface area contributed by atoms with E-state index in [4.69, 9.17) is 2.74 Å². The summed E-state index contributed by atoms with van der Waals surface area (Å²) >= 11 is 0. The van der Waals surface area contributed by atoms with Gasteiger partial charge in [0.15, 0.2) is 0 Å². The highest BCUT2D eigenvalue weighted by atomic mass is 16.1. The first-order chi connectivity index (χ1) is 3.18. The molecule has 0 atom stereocenters. The molecular weight excluding hydrogens is 64.0 g/mol. The van der Waals surface area contributed by atoms with Gasteiger partial charge in [0.25, 0.3) is 0 Å². The molecule has 1 heteroatoms. The summed E-state index contributed by atoms with van der Waals surface area (Å²) in [6.45, 7) is 1.40. The van der Waals surface area contributed by atoms with Gasteiger partial charge < -0.3 is 0 Å². The lowest BCUT2D eigenvalue weighted by Gasteiger charge is -1.51. The van der Waals surface area contributed by atoms with Crippen molar-refractivity contribution in [1.82, 2.24) is 0 Å². The molecule has 0 aliphatic rings. The molecule has 0 saturated heterocycles. The fourth-order valence-electron chi connectivity index (χ4n) is 0.0589. The third-order valence-corrected chi connectivity index (χ3v) is 0.203. The maximum atomic E-state index is 9.58. The number of allylic oxidation sites excluding steroid dienone is 2. The highest BCUT2D eigenvalue weighted by molar-refractivity contribution is 5.64. The lowest BCUT2D eigenvalue weighted by atomic mass is 10.6. The smallest absolute Gasteiger partial charge is 0.142 e. The highest BCUT2D eigenvalue weighted by Crippen LogP contribution is 1.55. The van der Waals surface area contributed by atoms with E-state index >= 15 is 0 Å². The summed E-state index contributed by atoms with van der Waals surface area (Å²) < 4.78 is 13.2. The van der Waals surface area contributed by atoms with Crippen LogP contribution >= 0.6 is 0 Å². The van der Waals surface area contributed by atoms with E-state index in [0.29, 0.717) is 6.29 Å². The number of carbonyl (C=O) groups is 1. The Morgan fingerprint density at radius 3 is 2.60 bits per heavy atom. The van der Waals surface area contributed by atoms with Crippen molar-refractivity contribution in [3.05, 3.63) is 12.1 Å². The maximum absolute atomic E-state index is 9.58. The van der Waals surface area contributed by atoms with Crippen LogP contribution in [-0.2, 0) is 4.79 Å². The van der Waals surface area contributed by atoms with E-state index in [-0.39, 0.29) is 12.1 Å². The van der Waals surface area contributed by atoms with Crippen LogP contribution < -0.4 is 0 Å². The SMILES string of the molecule is [2H]/C(C)=C(/[2H])C=O. The Morgan fingerprint density at radius 2 is 2.60 bits per heavy atom. The van der Waals surface area contributed by atoms with E-state index < -0.39 is 0 Å². The van der Waals surface area contributed by atoms with Crippen molar-refractivity contribution in [2.24, 2.45) is 0 Å². The average Bonchev–Trinajstić information content (AvgIpc) is 1.65. The molecule has 0 rings (SSSR count). The third kappa shape index (κ3) is 3.41. The van der Waals surface area contributed by atoms with Gasteiger partial charge in [-0.15, -0.1) is 0 Å². The molecule has 0 amide bonds. The molecule has 0 spiro atoms. The van der Waals surface area contributed by atoms with Crippen LogP contribution in [0.15, 0.2) is 12.1 Å². The van der Waals surface area contributed by atoms with Gasteiger partial charge in [0, 0.05) is 0 Å². The molecule has 0 aromatic rings. The Hall–Kier alpha value is -0.590. The van der Waals surface area contributed by atoms with Gasteiger partial charge in [-0.05, 0) is 13.0 Å². The molecule has 0 heterocycles. The zero-order valence-electron chi connectivity index (χ0n) is 4.99. The van der Waals surface area contributed by atoms with Gasteiger partial charge in [-0.2, -0.15) is 0 Å². The summed E-state index contributed by atoms with van der Waals surface area (Å²) in [5.41, 5.74) is 0. The van der Waals surface area contributed by atoms with Gasteiger partial charge in [0.05, 0.1) is 2.74 Å². The number of carbonyl (C=O) groups excluding carboxylic acids is 1. The monoisotopic (exact) mass is 72.1 g/mol. The first-order valence-corrected chi connectivity index (χ1v) is 1.27. The molecule has 0 aliphatic heterocycles. The third-order valence-electron chi connectivity index (χ3n) is 0.203. The van der Waals surface area contributed by atoms with Crippen molar-refractivity contribution in [1.29, 1.82) is 0 Å². The fraction of sp³-hybridized carbons (Fsp3) is 0.250. The van der Waals surface area contributed by atoms with E-state index in [1.165, 1.54) is 6.92 Å². The van der Waals surface area contributed by atoms with Gasteiger partial charge in [0.2, 0.25) is 0 Å². The predicted molar refractivity (Wildman–Crippen MR) is 20.9 cm³/mol. The highest BCUT2D eigenvalue weighted by Gasteiger charge is 1.48. The van der Waals surface area contributed by atoms with Crippen molar-refractivity contribution in [3.63, 3.8) is 0 Å². The molecule has 0 N–H and O–H groups in total. The molecule has 1 nitrogen and oxygen atoms in total. The summed E-state index contributed by atoms with van der Waals surface area (Å²) in [6.07, 6.45) is 0.350. The lowest BCUT2D eigenvalue weighted by Crippen LogP contribution is -1.50. The molecule has 0 bridgehead atoms. The molecule has 0 radical (unpaired) electrons. The molecule has 0 aliphatic carbocycles. The standard InChI is InChI=1S/C4H6O/c1-2-3-4-5/h2-4H,1H3/b3-2+/i2D,3D. The Labute approximate surface area is 34.1 Å². The summed E-state index contributed by atoms with van der Waals surface area (Å²) in [5.74, 6) is 0. The van der Waals surface area contributed by atoms with E-state index in [9.17, 15) is 4.79 Å². The normalized spacial score (nSPS) is 18.6. The number of hydrogen-bond acceptors (Lipinski definition) is 1. The molecule has 5 heavy (non-hydrogen) atoms. The Kier molecular flexibility index (Phi) is 1.19. The zero-order chi connectivity index (χ0) is 5.86.